The maximum atomic E-state index is 14.0. The molecule has 2 atom stereocenters. The fraction of sp³-hybridized carbons (Fsp3) is 0.355. The summed E-state index contributed by atoms with van der Waals surface area (Å²) in [5, 5.41) is 6.77. The molecule has 0 aliphatic carbocycles. The lowest BCUT2D eigenvalue weighted by Crippen LogP contribution is -2.24. The molecule has 9 nitrogen and oxygen atoms in total. The van der Waals surface area contributed by atoms with Crippen LogP contribution >= 0.6 is 0 Å². The van der Waals surface area contributed by atoms with Crippen LogP contribution in [0, 0.1) is 18.8 Å². The van der Waals surface area contributed by atoms with E-state index in [0.717, 1.165) is 40.2 Å². The minimum Gasteiger partial charge on any atom is -0.477 e. The highest BCUT2D eigenvalue weighted by Crippen LogP contribution is 2.37. The summed E-state index contributed by atoms with van der Waals surface area (Å²) in [4.78, 5) is 28.0. The van der Waals surface area contributed by atoms with E-state index in [1.54, 1.807) is 24.4 Å². The minimum atomic E-state index is -0.575. The van der Waals surface area contributed by atoms with E-state index in [2.05, 4.69) is 16.0 Å². The van der Waals surface area contributed by atoms with Gasteiger partial charge in [-0.15, -0.1) is 0 Å². The summed E-state index contributed by atoms with van der Waals surface area (Å²) >= 11 is 0. The molecule has 0 unspecified atom stereocenters. The smallest absolute Gasteiger partial charge is 0.216 e. The van der Waals surface area contributed by atoms with Crippen molar-refractivity contribution in [3.05, 3.63) is 89.3 Å². The first-order valence-corrected chi connectivity index (χ1v) is 13.8. The lowest BCUT2D eigenvalue weighted by molar-refractivity contribution is -0.155. The molecule has 2 aliphatic heterocycles. The van der Waals surface area contributed by atoms with Crippen LogP contribution in [-0.4, -0.2) is 64.0 Å². The van der Waals surface area contributed by atoms with Crippen LogP contribution in [0.2, 0.25) is 0 Å². The van der Waals surface area contributed by atoms with E-state index >= 15 is 0 Å². The van der Waals surface area contributed by atoms with Crippen molar-refractivity contribution in [3.63, 3.8) is 0 Å². The van der Waals surface area contributed by atoms with Gasteiger partial charge in [0.05, 0.1) is 30.3 Å². The number of aromatic nitrogens is 4. The number of hydrogen-bond acceptors (Lipinski definition) is 8. The van der Waals surface area contributed by atoms with Crippen LogP contribution in [0.4, 0.5) is 4.39 Å². The van der Waals surface area contributed by atoms with Gasteiger partial charge in [-0.3, -0.25) is 9.63 Å². The molecule has 1 fully saturated rings. The van der Waals surface area contributed by atoms with Gasteiger partial charge in [-0.1, -0.05) is 18.2 Å². The Balaban J connectivity index is 1.28. The molecule has 1 saturated heterocycles. The van der Waals surface area contributed by atoms with Gasteiger partial charge in [0, 0.05) is 68.9 Å². The number of hydroxylamine groups is 2. The summed E-state index contributed by atoms with van der Waals surface area (Å²) in [6.07, 6.45) is 4.03. The number of hydrogen-bond donors (Lipinski definition) is 0. The zero-order valence-electron chi connectivity index (χ0n) is 23.1. The molecule has 0 bridgehead atoms. The van der Waals surface area contributed by atoms with Crippen molar-refractivity contribution in [3.8, 4) is 22.8 Å². The Morgan fingerprint density at radius 3 is 2.83 bits per heavy atom. The molecule has 10 heteroatoms. The first-order chi connectivity index (χ1) is 20.0. The Hall–Kier alpha value is -3.99. The number of ketones is 1. The second kappa shape index (κ2) is 11.9. The number of pyridine rings is 2. The predicted octanol–water partition coefficient (Wildman–Crippen LogP) is 4.46. The summed E-state index contributed by atoms with van der Waals surface area (Å²) in [6.45, 7) is 4.20. The maximum absolute atomic E-state index is 14.0. The number of benzene rings is 1. The SMILES string of the molecule is COCCN1C[C@@H](CC(=O)Cc2c(C)c(-c3cnc4c(c3)CCO4)nn2-c2ccccc2)[C@H](c2ccnc(F)c2)O1. The highest BCUT2D eigenvalue weighted by atomic mass is 19.1. The Bertz CT molecular complexity index is 1540. The third-order valence-electron chi connectivity index (χ3n) is 7.66. The predicted molar refractivity (Wildman–Crippen MR) is 149 cm³/mol. The standard InChI is InChI=1S/C31H32FN5O4/c1-20-27(17-26(38)15-24-19-36(11-13-39-2)41-30(24)21-8-10-33-28(32)16-21)37(25-6-4-3-5-7-25)35-29(20)23-14-22-9-12-40-31(22)34-18-23/h3-8,10,14,16,18,24,30H,9,11-13,15,17,19H2,1-2H3/t24-,30+/m1/s1. The Labute approximate surface area is 237 Å². The second-order valence-electron chi connectivity index (χ2n) is 10.5. The normalized spacial score (nSPS) is 18.4. The molecule has 6 rings (SSSR count). The van der Waals surface area contributed by atoms with Crippen molar-refractivity contribution in [1.29, 1.82) is 0 Å². The quantitative estimate of drug-likeness (QED) is 0.264. The maximum Gasteiger partial charge on any atom is 0.216 e. The topological polar surface area (TPSA) is 91.6 Å². The number of methoxy groups -OCH3 is 1. The summed E-state index contributed by atoms with van der Waals surface area (Å²) in [5.74, 6) is -0.00540. The van der Waals surface area contributed by atoms with Crippen LogP contribution in [0.15, 0.2) is 60.9 Å². The first-order valence-electron chi connectivity index (χ1n) is 13.8. The van der Waals surface area contributed by atoms with Gasteiger partial charge in [0.15, 0.2) is 0 Å². The fourth-order valence-corrected chi connectivity index (χ4v) is 5.62. The number of carbonyl (C=O) groups excluding carboxylic acids is 1. The molecule has 2 aliphatic rings. The molecular formula is C31H32FN5O4. The molecule has 0 saturated carbocycles. The molecule has 5 heterocycles. The minimum absolute atomic E-state index is 0.0546. The van der Waals surface area contributed by atoms with Crippen molar-refractivity contribution in [1.82, 2.24) is 24.8 Å². The average Bonchev–Trinajstić information content (AvgIpc) is 3.70. The van der Waals surface area contributed by atoms with Crippen LogP contribution in [0.25, 0.3) is 16.9 Å². The van der Waals surface area contributed by atoms with Crippen LogP contribution in [0.1, 0.15) is 34.9 Å². The highest BCUT2D eigenvalue weighted by Gasteiger charge is 2.37. The van der Waals surface area contributed by atoms with Crippen LogP contribution in [-0.2, 0) is 27.2 Å². The molecule has 0 spiro atoms. The number of fused-ring (bicyclic) bond motifs is 1. The van der Waals surface area contributed by atoms with Crippen molar-refractivity contribution < 1.29 is 23.5 Å². The Kier molecular flexibility index (Phi) is 7.86. The summed E-state index contributed by atoms with van der Waals surface area (Å²) in [5.41, 5.74) is 6.05. The Morgan fingerprint density at radius 2 is 2.02 bits per heavy atom. The highest BCUT2D eigenvalue weighted by molar-refractivity contribution is 5.82. The largest absolute Gasteiger partial charge is 0.477 e. The summed E-state index contributed by atoms with van der Waals surface area (Å²) in [6, 6.07) is 15.0. The van der Waals surface area contributed by atoms with Gasteiger partial charge in [-0.2, -0.15) is 14.6 Å². The van der Waals surface area contributed by atoms with E-state index in [4.69, 9.17) is 19.4 Å². The summed E-state index contributed by atoms with van der Waals surface area (Å²) in [7, 11) is 1.63. The summed E-state index contributed by atoms with van der Waals surface area (Å²) < 4.78 is 26.6. The van der Waals surface area contributed by atoms with Crippen molar-refractivity contribution in [2.75, 3.05) is 33.4 Å². The molecule has 4 aromatic rings. The van der Waals surface area contributed by atoms with E-state index in [1.165, 1.54) is 12.3 Å². The first kappa shape index (κ1) is 27.2. The van der Waals surface area contributed by atoms with Crippen molar-refractivity contribution >= 4 is 5.78 Å². The number of Topliss-reactive ketones (excluding diaryl/α,β-unsaturated/α-hetero) is 1. The van der Waals surface area contributed by atoms with Crippen molar-refractivity contribution in [2.24, 2.45) is 5.92 Å². The molecule has 0 N–H and O–H groups in total. The van der Waals surface area contributed by atoms with Crippen LogP contribution in [0.3, 0.4) is 0 Å². The van der Waals surface area contributed by atoms with Gasteiger partial charge < -0.3 is 9.47 Å². The van der Waals surface area contributed by atoms with Gasteiger partial charge in [0.25, 0.3) is 0 Å². The lowest BCUT2D eigenvalue weighted by Gasteiger charge is -2.17. The molecule has 0 radical (unpaired) electrons. The number of rotatable bonds is 10. The van der Waals surface area contributed by atoms with Gasteiger partial charge in [-0.25, -0.2) is 14.6 Å². The van der Waals surface area contributed by atoms with E-state index in [1.807, 2.05) is 41.9 Å². The molecule has 0 amide bonds. The molecule has 3 aromatic heterocycles. The molecule has 212 valence electrons. The van der Waals surface area contributed by atoms with Gasteiger partial charge in [0.1, 0.15) is 11.9 Å². The zero-order chi connectivity index (χ0) is 28.3. The number of nitrogens with zero attached hydrogens (tertiary/aromatic N) is 5. The van der Waals surface area contributed by atoms with Crippen LogP contribution < -0.4 is 4.74 Å². The van der Waals surface area contributed by atoms with Gasteiger partial charge in [0.2, 0.25) is 11.8 Å². The fourth-order valence-electron chi connectivity index (χ4n) is 5.62. The van der Waals surface area contributed by atoms with Gasteiger partial charge >= 0.3 is 0 Å². The monoisotopic (exact) mass is 557 g/mol. The average molecular weight is 558 g/mol. The molecule has 1 aromatic carbocycles. The third-order valence-corrected chi connectivity index (χ3v) is 7.66. The number of para-hydroxylation sites is 1. The molecule has 41 heavy (non-hydrogen) atoms. The van der Waals surface area contributed by atoms with E-state index in [-0.39, 0.29) is 24.5 Å². The number of halogens is 1. The van der Waals surface area contributed by atoms with E-state index in [0.29, 0.717) is 37.7 Å². The second-order valence-corrected chi connectivity index (χ2v) is 10.5. The van der Waals surface area contributed by atoms with Gasteiger partial charge in [-0.05, 0) is 48.4 Å². The molecular weight excluding hydrogens is 525 g/mol. The Morgan fingerprint density at radius 1 is 1.17 bits per heavy atom. The van der Waals surface area contributed by atoms with Crippen molar-refractivity contribution in [2.45, 2.75) is 32.3 Å². The third kappa shape index (κ3) is 5.76. The van der Waals surface area contributed by atoms with Crippen LogP contribution in [0.5, 0.6) is 5.88 Å². The zero-order valence-corrected chi connectivity index (χ0v) is 23.1. The number of ether oxygens (including phenoxy) is 2. The van der Waals surface area contributed by atoms with E-state index in [9.17, 15) is 9.18 Å². The van der Waals surface area contributed by atoms with E-state index < -0.39 is 12.1 Å². The number of carbonyl (C=O) groups is 1. The lowest BCUT2D eigenvalue weighted by atomic mass is 9.91.